The molecule has 0 aliphatic rings. The number of carbonyl (C=O) groups is 1. The Kier molecular flexibility index (Phi) is 4.83. The van der Waals surface area contributed by atoms with Crippen LogP contribution in [0, 0.1) is 11.6 Å². The molecule has 0 saturated heterocycles. The molecule has 130 valence electrons. The third-order valence-electron chi connectivity index (χ3n) is 3.81. The van der Waals surface area contributed by atoms with Crippen LogP contribution in [0.1, 0.15) is 11.1 Å². The Labute approximate surface area is 142 Å². The van der Waals surface area contributed by atoms with E-state index in [-0.39, 0.29) is 17.9 Å². The molecule has 0 saturated carbocycles. The average Bonchev–Trinajstić information content (AvgIpc) is 2.98. The average molecular weight is 346 g/mol. The number of rotatable bonds is 5. The van der Waals surface area contributed by atoms with E-state index in [0.717, 1.165) is 22.5 Å². The molecule has 3 aromatic rings. The smallest absolute Gasteiger partial charge is 0.407 e. The van der Waals surface area contributed by atoms with Gasteiger partial charge in [-0.15, -0.1) is 0 Å². The highest BCUT2D eigenvalue weighted by Crippen LogP contribution is 2.23. The minimum atomic E-state index is -1.02. The first-order chi connectivity index (χ1) is 12.0. The molecule has 1 aromatic heterocycles. The van der Waals surface area contributed by atoms with Gasteiger partial charge in [0.2, 0.25) is 0 Å². The summed E-state index contributed by atoms with van der Waals surface area (Å²) in [4.78, 5) is 14.7. The normalized spacial score (nSPS) is 10.8. The molecule has 0 unspecified atom stereocenters. The summed E-state index contributed by atoms with van der Waals surface area (Å²) in [6.45, 7) is -0.0521. The number of nitrogens with one attached hydrogen (secondary N) is 2. The van der Waals surface area contributed by atoms with Gasteiger partial charge in [0.1, 0.15) is 12.4 Å². The second-order valence-corrected chi connectivity index (χ2v) is 5.51. The van der Waals surface area contributed by atoms with Gasteiger partial charge in [0.15, 0.2) is 11.6 Å². The molecular weight excluding hydrogens is 330 g/mol. The molecule has 0 bridgehead atoms. The summed E-state index contributed by atoms with van der Waals surface area (Å²) in [5.41, 5.74) is 1.79. The number of phenolic OH excluding ortho intramolecular Hbond substituents is 1. The molecule has 5 nitrogen and oxygen atoms in total. The van der Waals surface area contributed by atoms with Crippen molar-refractivity contribution in [2.24, 2.45) is 0 Å². The van der Waals surface area contributed by atoms with Crippen LogP contribution in [0.2, 0.25) is 0 Å². The highest BCUT2D eigenvalue weighted by molar-refractivity contribution is 5.84. The van der Waals surface area contributed by atoms with Crippen molar-refractivity contribution < 1.29 is 23.4 Å². The van der Waals surface area contributed by atoms with Gasteiger partial charge < -0.3 is 20.1 Å². The largest absolute Gasteiger partial charge is 0.508 e. The number of amides is 1. The Morgan fingerprint density at radius 1 is 1.20 bits per heavy atom. The maximum absolute atomic E-state index is 13.5. The molecule has 25 heavy (non-hydrogen) atoms. The highest BCUT2D eigenvalue weighted by atomic mass is 19.2. The Balaban J connectivity index is 1.50. The Morgan fingerprint density at radius 2 is 2.04 bits per heavy atom. The van der Waals surface area contributed by atoms with E-state index < -0.39 is 17.7 Å². The third kappa shape index (κ3) is 3.88. The summed E-state index contributed by atoms with van der Waals surface area (Å²) in [6, 6.07) is 8.70. The van der Waals surface area contributed by atoms with Crippen molar-refractivity contribution in [1.29, 1.82) is 0 Å². The van der Waals surface area contributed by atoms with Crippen LogP contribution >= 0.6 is 0 Å². The van der Waals surface area contributed by atoms with Crippen molar-refractivity contribution in [3.63, 3.8) is 0 Å². The monoisotopic (exact) mass is 346 g/mol. The number of phenols is 1. The zero-order valence-electron chi connectivity index (χ0n) is 13.2. The molecule has 0 spiro atoms. The Hall–Kier alpha value is -3.09. The Bertz CT molecular complexity index is 908. The summed E-state index contributed by atoms with van der Waals surface area (Å²) in [7, 11) is 0. The van der Waals surface area contributed by atoms with Crippen molar-refractivity contribution >= 4 is 17.0 Å². The lowest BCUT2D eigenvalue weighted by molar-refractivity contribution is 0.138. The van der Waals surface area contributed by atoms with Crippen LogP contribution in [0.3, 0.4) is 0 Å². The molecular formula is C18H16F2N2O3. The first-order valence-electron chi connectivity index (χ1n) is 7.67. The number of fused-ring (bicyclic) bond motifs is 1. The molecule has 3 N–H and O–H groups in total. The van der Waals surface area contributed by atoms with Crippen molar-refractivity contribution in [1.82, 2.24) is 10.3 Å². The number of hydrogen-bond acceptors (Lipinski definition) is 3. The van der Waals surface area contributed by atoms with E-state index in [9.17, 15) is 18.7 Å². The number of aromatic hydroxyl groups is 1. The predicted molar refractivity (Wildman–Crippen MR) is 88.2 cm³/mol. The molecule has 1 amide bonds. The number of ether oxygens (including phenoxy) is 1. The van der Waals surface area contributed by atoms with Gasteiger partial charge in [-0.25, -0.2) is 13.6 Å². The van der Waals surface area contributed by atoms with Gasteiger partial charge in [-0.05, 0) is 36.2 Å². The lowest BCUT2D eigenvalue weighted by Crippen LogP contribution is -2.26. The molecule has 0 fully saturated rings. The van der Waals surface area contributed by atoms with Crippen LogP contribution in [-0.4, -0.2) is 22.7 Å². The van der Waals surface area contributed by atoms with E-state index in [1.54, 1.807) is 24.4 Å². The van der Waals surface area contributed by atoms with E-state index in [1.807, 2.05) is 0 Å². The van der Waals surface area contributed by atoms with Gasteiger partial charge in [-0.3, -0.25) is 0 Å². The van der Waals surface area contributed by atoms with Crippen LogP contribution in [0.25, 0.3) is 10.9 Å². The number of alkyl carbamates (subject to hydrolysis) is 1. The summed E-state index contributed by atoms with van der Waals surface area (Å²) >= 11 is 0. The molecule has 1 heterocycles. The lowest BCUT2D eigenvalue weighted by atomic mass is 10.1. The zero-order chi connectivity index (χ0) is 17.8. The summed E-state index contributed by atoms with van der Waals surface area (Å²) < 4.78 is 31.4. The van der Waals surface area contributed by atoms with E-state index in [4.69, 9.17) is 4.74 Å². The van der Waals surface area contributed by atoms with Gasteiger partial charge in [-0.1, -0.05) is 12.1 Å². The third-order valence-corrected chi connectivity index (χ3v) is 3.81. The van der Waals surface area contributed by atoms with E-state index >= 15 is 0 Å². The van der Waals surface area contributed by atoms with Gasteiger partial charge in [0.05, 0.1) is 0 Å². The van der Waals surface area contributed by atoms with Crippen molar-refractivity contribution in [2.75, 3.05) is 6.54 Å². The minimum absolute atomic E-state index is 0.0257. The van der Waals surface area contributed by atoms with Crippen LogP contribution in [0.4, 0.5) is 13.6 Å². The number of halogens is 2. The quantitative estimate of drug-likeness (QED) is 0.660. The molecule has 0 aliphatic carbocycles. The summed E-state index contributed by atoms with van der Waals surface area (Å²) in [6.07, 6.45) is 1.61. The maximum atomic E-state index is 13.5. The SMILES string of the molecule is O=C(NCCc1c[nH]c2ccc(O)cc12)OCc1cccc(F)c1F. The number of aromatic nitrogens is 1. The van der Waals surface area contributed by atoms with Crippen LogP contribution < -0.4 is 5.32 Å². The minimum Gasteiger partial charge on any atom is -0.508 e. The second kappa shape index (κ2) is 7.21. The van der Waals surface area contributed by atoms with E-state index in [0.29, 0.717) is 13.0 Å². The fraction of sp³-hybridized carbons (Fsp3) is 0.167. The van der Waals surface area contributed by atoms with Gasteiger partial charge in [-0.2, -0.15) is 0 Å². The maximum Gasteiger partial charge on any atom is 0.407 e. The first kappa shape index (κ1) is 16.8. The zero-order valence-corrected chi connectivity index (χ0v) is 13.2. The first-order valence-corrected chi connectivity index (χ1v) is 7.67. The number of hydrogen-bond donors (Lipinski definition) is 3. The standard InChI is InChI=1S/C18H16F2N2O3/c19-15-3-1-2-12(17(15)20)10-25-18(24)21-7-6-11-9-22-16-5-4-13(23)8-14(11)16/h1-5,8-9,22-23H,6-7,10H2,(H,21,24). The van der Waals surface area contributed by atoms with Crippen molar-refractivity contribution in [2.45, 2.75) is 13.0 Å². The fourth-order valence-electron chi connectivity index (χ4n) is 2.53. The number of H-pyrrole nitrogens is 1. The summed E-state index contributed by atoms with van der Waals surface area (Å²) in [5.74, 6) is -1.84. The van der Waals surface area contributed by atoms with Crippen LogP contribution in [0.15, 0.2) is 42.6 Å². The topological polar surface area (TPSA) is 74.4 Å². The number of benzene rings is 2. The van der Waals surface area contributed by atoms with E-state index in [2.05, 4.69) is 10.3 Å². The second-order valence-electron chi connectivity index (χ2n) is 5.51. The molecule has 7 heteroatoms. The van der Waals surface area contributed by atoms with Crippen LogP contribution in [0.5, 0.6) is 5.75 Å². The molecule has 0 atom stereocenters. The molecule has 3 rings (SSSR count). The van der Waals surface area contributed by atoms with Crippen molar-refractivity contribution in [3.05, 3.63) is 65.4 Å². The molecule has 0 aliphatic heterocycles. The van der Waals surface area contributed by atoms with E-state index in [1.165, 1.54) is 12.1 Å². The van der Waals surface area contributed by atoms with Gasteiger partial charge in [0, 0.05) is 29.2 Å². The number of aromatic amines is 1. The predicted octanol–water partition coefficient (Wildman–Crippen LogP) is 3.62. The van der Waals surface area contributed by atoms with Crippen LogP contribution in [-0.2, 0) is 17.8 Å². The summed E-state index contributed by atoms with van der Waals surface area (Å²) in [5, 5.41) is 13.0. The van der Waals surface area contributed by atoms with Crippen molar-refractivity contribution in [3.8, 4) is 5.75 Å². The molecule has 2 aromatic carbocycles. The number of carbonyl (C=O) groups excluding carboxylic acids is 1. The molecule has 0 radical (unpaired) electrons. The highest BCUT2D eigenvalue weighted by Gasteiger charge is 2.10. The lowest BCUT2D eigenvalue weighted by Gasteiger charge is -2.08. The van der Waals surface area contributed by atoms with Gasteiger partial charge in [0.25, 0.3) is 0 Å². The Morgan fingerprint density at radius 3 is 2.88 bits per heavy atom. The fourth-order valence-corrected chi connectivity index (χ4v) is 2.53. The van der Waals surface area contributed by atoms with Gasteiger partial charge >= 0.3 is 6.09 Å².